The average Bonchev–Trinajstić information content (AvgIpc) is 2.32. The smallest absolute Gasteiger partial charge is 0.273 e. The Balaban J connectivity index is 2.80. The van der Waals surface area contributed by atoms with Gasteiger partial charge in [-0.25, -0.2) is 4.57 Å². The second-order valence-electron chi connectivity index (χ2n) is 3.79. The molecule has 4 nitrogen and oxygen atoms in total. The maximum atomic E-state index is 12.9. The zero-order chi connectivity index (χ0) is 12.7. The van der Waals surface area contributed by atoms with Crippen molar-refractivity contribution in [1.29, 1.82) is 0 Å². The first-order chi connectivity index (χ1) is 8.19. The summed E-state index contributed by atoms with van der Waals surface area (Å²) in [4.78, 5) is 0. The van der Waals surface area contributed by atoms with Crippen LogP contribution in [0.2, 0.25) is 0 Å². The van der Waals surface area contributed by atoms with Gasteiger partial charge in [0.1, 0.15) is 0 Å². The van der Waals surface area contributed by atoms with E-state index in [4.69, 9.17) is 39.3 Å². The van der Waals surface area contributed by atoms with E-state index in [0.29, 0.717) is 43.9 Å². The Morgan fingerprint density at radius 3 is 2.35 bits per heavy atom. The Hall–Kier alpha value is 0.980. The van der Waals surface area contributed by atoms with Crippen molar-refractivity contribution in [2.45, 2.75) is 6.42 Å². The van der Waals surface area contributed by atoms with Gasteiger partial charge < -0.3 is 0 Å². The predicted molar refractivity (Wildman–Crippen MR) is 72.6 cm³/mol. The maximum Gasteiger partial charge on any atom is 0.461 e. The molecule has 0 aromatic heterocycles. The van der Waals surface area contributed by atoms with Crippen LogP contribution in [0.3, 0.4) is 0 Å². The van der Waals surface area contributed by atoms with Crippen molar-refractivity contribution >= 4 is 42.5 Å². The van der Waals surface area contributed by atoms with Crippen molar-refractivity contribution in [3.05, 3.63) is 0 Å². The van der Waals surface area contributed by atoms with Crippen molar-refractivity contribution in [2.75, 3.05) is 50.4 Å². The number of halogens is 3. The molecule has 8 heteroatoms. The first-order valence-corrected chi connectivity index (χ1v) is 8.90. The van der Waals surface area contributed by atoms with Crippen LogP contribution in [0, 0.1) is 0 Å². The fourth-order valence-electron chi connectivity index (χ4n) is 1.91. The molecule has 0 amide bonds. The Morgan fingerprint density at radius 2 is 1.82 bits per heavy atom. The van der Waals surface area contributed by atoms with Gasteiger partial charge in [-0.2, -0.15) is 4.67 Å². The zero-order valence-electron chi connectivity index (χ0n) is 9.71. The van der Waals surface area contributed by atoms with Crippen LogP contribution in [0.5, 0.6) is 0 Å². The quantitative estimate of drug-likeness (QED) is 0.568. The first kappa shape index (κ1) is 16.0. The summed E-state index contributed by atoms with van der Waals surface area (Å²) in [6.07, 6.45) is 0.885. The third-order valence-electron chi connectivity index (χ3n) is 2.71. The second-order valence-corrected chi connectivity index (χ2v) is 7.43. The SMILES string of the molecule is O=P1([NH+](CCCl)CCCl)OCCCN1CCCl. The summed E-state index contributed by atoms with van der Waals surface area (Å²) < 4.78 is 21.2. The van der Waals surface area contributed by atoms with Crippen LogP contribution in [-0.2, 0) is 9.09 Å². The van der Waals surface area contributed by atoms with Crippen LogP contribution in [-0.4, -0.2) is 55.1 Å². The molecule has 0 radical (unpaired) electrons. The van der Waals surface area contributed by atoms with Gasteiger partial charge in [0.05, 0.1) is 31.5 Å². The lowest BCUT2D eigenvalue weighted by atomic mass is 10.4. The molecule has 0 bridgehead atoms. The molecule has 0 spiro atoms. The Kier molecular flexibility index (Phi) is 7.75. The minimum atomic E-state index is -2.89. The van der Waals surface area contributed by atoms with E-state index >= 15 is 0 Å². The molecular weight excluding hydrogens is 305 g/mol. The van der Waals surface area contributed by atoms with E-state index in [1.807, 2.05) is 4.67 Å². The zero-order valence-corrected chi connectivity index (χ0v) is 12.9. The van der Waals surface area contributed by atoms with Gasteiger partial charge in [-0.05, 0) is 6.42 Å². The molecule has 1 aliphatic heterocycles. The van der Waals surface area contributed by atoms with Gasteiger partial charge in [0.15, 0.2) is 0 Å². The molecule has 0 aromatic rings. The molecular formula is C9H19Cl3N2O2P+. The number of hydrogen-bond donors (Lipinski definition) is 1. The summed E-state index contributed by atoms with van der Waals surface area (Å²) in [5.74, 6) is 1.32. The fourth-order valence-corrected chi connectivity index (χ4v) is 5.63. The molecule has 1 fully saturated rings. The van der Waals surface area contributed by atoms with Gasteiger partial charge in [-0.1, -0.05) is 0 Å². The van der Waals surface area contributed by atoms with E-state index in [2.05, 4.69) is 0 Å². The van der Waals surface area contributed by atoms with Gasteiger partial charge in [0.2, 0.25) is 0 Å². The lowest BCUT2D eigenvalue weighted by Gasteiger charge is -2.36. The summed E-state index contributed by atoms with van der Waals surface area (Å²) in [6.45, 7) is 3.05. The third kappa shape index (κ3) is 4.24. The molecule has 17 heavy (non-hydrogen) atoms. The largest absolute Gasteiger partial charge is 0.461 e. The van der Waals surface area contributed by atoms with Crippen molar-refractivity contribution in [1.82, 2.24) is 4.67 Å². The monoisotopic (exact) mass is 323 g/mol. The third-order valence-corrected chi connectivity index (χ3v) is 6.18. The molecule has 1 rings (SSSR count). The highest BCUT2D eigenvalue weighted by Crippen LogP contribution is 2.44. The van der Waals surface area contributed by atoms with Crippen molar-refractivity contribution in [3.63, 3.8) is 0 Å². The van der Waals surface area contributed by atoms with Crippen molar-refractivity contribution in [3.8, 4) is 0 Å². The van der Waals surface area contributed by atoms with Gasteiger partial charge in [-0.3, -0.25) is 9.19 Å². The number of hydrogen-bond acceptors (Lipinski definition) is 2. The molecule has 1 atom stereocenters. The number of rotatable bonds is 7. The van der Waals surface area contributed by atoms with Crippen LogP contribution in [0.25, 0.3) is 0 Å². The number of alkyl halides is 3. The molecule has 1 saturated heterocycles. The number of quaternary nitrogens is 1. The summed E-state index contributed by atoms with van der Waals surface area (Å²) >= 11 is 17.2. The molecule has 1 heterocycles. The molecule has 0 aliphatic carbocycles. The van der Waals surface area contributed by atoms with Gasteiger partial charge in [0.25, 0.3) is 0 Å². The molecule has 1 N–H and O–H groups in total. The molecule has 1 unspecified atom stereocenters. The van der Waals surface area contributed by atoms with E-state index < -0.39 is 7.67 Å². The van der Waals surface area contributed by atoms with E-state index in [9.17, 15) is 4.57 Å². The Bertz CT molecular complexity index is 263. The van der Waals surface area contributed by atoms with Crippen LogP contribution in [0.15, 0.2) is 0 Å². The Labute approximate surface area is 118 Å². The topological polar surface area (TPSA) is 34.0 Å². The molecule has 0 aromatic carbocycles. The molecule has 0 saturated carbocycles. The number of nitrogens with zero attached hydrogens (tertiary/aromatic N) is 1. The lowest BCUT2D eigenvalue weighted by Crippen LogP contribution is -3.09. The highest BCUT2D eigenvalue weighted by atomic mass is 35.5. The second kappa shape index (κ2) is 8.21. The van der Waals surface area contributed by atoms with E-state index in [0.717, 1.165) is 17.6 Å². The van der Waals surface area contributed by atoms with Crippen LogP contribution < -0.4 is 4.67 Å². The summed E-state index contributed by atoms with van der Waals surface area (Å²) in [5.41, 5.74) is 0. The summed E-state index contributed by atoms with van der Waals surface area (Å²) in [7, 11) is -2.89. The van der Waals surface area contributed by atoms with E-state index in [1.165, 1.54) is 0 Å². The molecule has 1 aliphatic rings. The predicted octanol–water partition coefficient (Wildman–Crippen LogP) is 1.42. The minimum absolute atomic E-state index is 0.439. The summed E-state index contributed by atoms with van der Waals surface area (Å²) in [5, 5.41) is 0. The first-order valence-electron chi connectivity index (χ1n) is 5.72. The van der Waals surface area contributed by atoms with E-state index in [-0.39, 0.29) is 0 Å². The highest BCUT2D eigenvalue weighted by molar-refractivity contribution is 7.49. The normalized spacial score (nSPS) is 26.6. The fraction of sp³-hybridized carbons (Fsp3) is 1.00. The van der Waals surface area contributed by atoms with Crippen LogP contribution in [0.1, 0.15) is 6.42 Å². The van der Waals surface area contributed by atoms with Gasteiger partial charge >= 0.3 is 7.67 Å². The van der Waals surface area contributed by atoms with Crippen LogP contribution >= 0.6 is 42.5 Å². The van der Waals surface area contributed by atoms with Crippen molar-refractivity contribution < 1.29 is 13.8 Å². The average molecular weight is 325 g/mol. The van der Waals surface area contributed by atoms with Crippen LogP contribution in [0.4, 0.5) is 0 Å². The van der Waals surface area contributed by atoms with Gasteiger partial charge in [-0.15, -0.1) is 34.8 Å². The van der Waals surface area contributed by atoms with Gasteiger partial charge in [0, 0.05) is 19.0 Å². The summed E-state index contributed by atoms with van der Waals surface area (Å²) in [6, 6.07) is 0. The molecule has 102 valence electrons. The highest BCUT2D eigenvalue weighted by Gasteiger charge is 2.44. The minimum Gasteiger partial charge on any atom is -0.273 e. The standard InChI is InChI=1S/C9H18Cl3N2O2P/c10-2-6-13-5-1-9-16-17(13,15)14(7-3-11)8-4-12/h1-9H2/p+1. The lowest BCUT2D eigenvalue weighted by molar-refractivity contribution is -0.779. The number of nitrogens with one attached hydrogen (secondary N) is 1. The Morgan fingerprint density at radius 1 is 1.18 bits per heavy atom. The van der Waals surface area contributed by atoms with E-state index in [1.54, 1.807) is 0 Å². The maximum absolute atomic E-state index is 12.9. The van der Waals surface area contributed by atoms with Crippen molar-refractivity contribution in [2.24, 2.45) is 0 Å².